The minimum absolute atomic E-state index is 0.0107. The molecule has 3 aliphatic rings. The number of aliphatic hydroxyl groups excluding tert-OH is 2. The number of carbonyl (C=O) groups excluding carboxylic acids is 3. The number of methoxy groups -OCH3 is 1. The second-order valence-corrected chi connectivity index (χ2v) is 11.5. The normalized spacial score (nSPS) is 24.6. The number of hydrogen-bond acceptors (Lipinski definition) is 10. The molecule has 5 rings (SSSR count). The number of phenolic OH excluding ortho intramolecular Hbond substituents is 1. The maximum absolute atomic E-state index is 14.1. The highest BCUT2D eigenvalue weighted by molar-refractivity contribution is 6.24. The molecule has 0 radical (unpaired) electrons. The topological polar surface area (TPSA) is 174 Å². The number of nitrogens with zero attached hydrogens (tertiary/aromatic N) is 2. The van der Waals surface area contributed by atoms with E-state index < -0.39 is 58.0 Å². The van der Waals surface area contributed by atoms with Gasteiger partial charge in [0.05, 0.1) is 24.3 Å². The minimum Gasteiger partial charge on any atom is -0.508 e. The van der Waals surface area contributed by atoms with E-state index in [0.717, 1.165) is 0 Å². The van der Waals surface area contributed by atoms with Crippen LogP contribution >= 0.6 is 0 Å². The minimum atomic E-state index is -2.70. The van der Waals surface area contributed by atoms with Gasteiger partial charge in [-0.05, 0) is 62.7 Å². The van der Waals surface area contributed by atoms with E-state index in [4.69, 9.17) is 10.5 Å². The van der Waals surface area contributed by atoms with Crippen molar-refractivity contribution in [3.8, 4) is 23.3 Å². The third-order valence-corrected chi connectivity index (χ3v) is 8.59. The number of anilines is 1. The summed E-state index contributed by atoms with van der Waals surface area (Å²) in [6.07, 6.45) is 0.190. The highest BCUT2D eigenvalue weighted by atomic mass is 16.5. The van der Waals surface area contributed by atoms with Crippen molar-refractivity contribution in [1.82, 2.24) is 4.90 Å². The molecular weight excluding hydrogens is 554 g/mol. The molecular formula is C32H33N3O8. The number of ketones is 2. The van der Waals surface area contributed by atoms with Crippen LogP contribution in [-0.2, 0) is 20.8 Å². The first-order valence-corrected chi connectivity index (χ1v) is 13.6. The number of benzene rings is 2. The smallest absolute Gasteiger partial charge is 0.255 e. The monoisotopic (exact) mass is 587 g/mol. The molecule has 0 aromatic heterocycles. The molecule has 6 N–H and O–H groups in total. The predicted octanol–water partition coefficient (Wildman–Crippen LogP) is 1.44. The van der Waals surface area contributed by atoms with E-state index >= 15 is 0 Å². The molecule has 224 valence electrons. The van der Waals surface area contributed by atoms with Gasteiger partial charge in [-0.3, -0.25) is 19.3 Å². The molecule has 1 amide bonds. The first-order chi connectivity index (χ1) is 20.2. The Hall–Kier alpha value is -4.79. The Kier molecular flexibility index (Phi) is 7.24. The number of likely N-dealkylation sites (N-methyl/N-ethyl adjacent to an activating group) is 1. The molecule has 2 unspecified atom stereocenters. The summed E-state index contributed by atoms with van der Waals surface area (Å²) in [5, 5.41) is 45.9. The number of phenols is 1. The number of Topliss-reactive ketones (excluding diaryl/α,β-unsaturated/α-hetero) is 2. The number of ether oxygens (including phenoxy) is 1. The molecule has 4 atom stereocenters. The van der Waals surface area contributed by atoms with Crippen LogP contribution in [0.4, 0.5) is 5.69 Å². The maximum Gasteiger partial charge on any atom is 0.255 e. The van der Waals surface area contributed by atoms with E-state index in [0.29, 0.717) is 22.6 Å². The van der Waals surface area contributed by atoms with Gasteiger partial charge >= 0.3 is 0 Å². The molecule has 0 saturated heterocycles. The van der Waals surface area contributed by atoms with Gasteiger partial charge < -0.3 is 35.8 Å². The number of hydrogen-bond donors (Lipinski definition) is 5. The van der Waals surface area contributed by atoms with Crippen LogP contribution in [0.1, 0.15) is 28.7 Å². The van der Waals surface area contributed by atoms with E-state index in [1.165, 1.54) is 12.0 Å². The van der Waals surface area contributed by atoms with Crippen LogP contribution in [0.25, 0.3) is 5.76 Å². The molecule has 1 fully saturated rings. The zero-order valence-corrected chi connectivity index (χ0v) is 24.4. The van der Waals surface area contributed by atoms with Crippen LogP contribution in [0.3, 0.4) is 0 Å². The van der Waals surface area contributed by atoms with Crippen molar-refractivity contribution in [3.63, 3.8) is 0 Å². The van der Waals surface area contributed by atoms with Gasteiger partial charge in [0.1, 0.15) is 28.6 Å². The fraction of sp³-hybridized carbons (Fsp3) is 0.344. The second kappa shape index (κ2) is 10.5. The van der Waals surface area contributed by atoms with E-state index in [2.05, 4.69) is 11.8 Å². The molecule has 1 saturated carbocycles. The molecule has 3 aliphatic carbocycles. The molecule has 11 heteroatoms. The first-order valence-electron chi connectivity index (χ1n) is 13.6. The summed E-state index contributed by atoms with van der Waals surface area (Å²) in [6.45, 7) is 0. The number of nitrogens with two attached hydrogens (primary N) is 1. The van der Waals surface area contributed by atoms with Gasteiger partial charge in [0.2, 0.25) is 5.78 Å². The Labute approximate surface area is 248 Å². The number of fused-ring (bicyclic) bond motifs is 3. The third kappa shape index (κ3) is 4.42. The molecule has 11 nitrogen and oxygen atoms in total. The van der Waals surface area contributed by atoms with Gasteiger partial charge in [-0.1, -0.05) is 17.9 Å². The van der Waals surface area contributed by atoms with E-state index in [9.17, 15) is 34.8 Å². The molecule has 0 spiro atoms. The van der Waals surface area contributed by atoms with Gasteiger partial charge in [-0.15, -0.1) is 0 Å². The van der Waals surface area contributed by atoms with Crippen molar-refractivity contribution in [3.05, 3.63) is 69.5 Å². The molecule has 0 heterocycles. The fourth-order valence-electron chi connectivity index (χ4n) is 6.63. The quantitative estimate of drug-likeness (QED) is 0.260. The molecule has 2 aromatic rings. The summed E-state index contributed by atoms with van der Waals surface area (Å²) in [6, 6.07) is 7.60. The highest BCUT2D eigenvalue weighted by Crippen LogP contribution is 2.54. The zero-order valence-electron chi connectivity index (χ0n) is 24.4. The van der Waals surface area contributed by atoms with Crippen molar-refractivity contribution in [2.75, 3.05) is 40.2 Å². The fourth-order valence-corrected chi connectivity index (χ4v) is 6.63. The summed E-state index contributed by atoms with van der Waals surface area (Å²) in [5.41, 5.74) is 3.61. The van der Waals surface area contributed by atoms with Crippen molar-refractivity contribution < 1.29 is 39.5 Å². The van der Waals surface area contributed by atoms with Crippen molar-refractivity contribution >= 4 is 28.9 Å². The summed E-state index contributed by atoms with van der Waals surface area (Å²) in [7, 11) is 8.25. The van der Waals surface area contributed by atoms with Crippen LogP contribution < -0.4 is 15.4 Å². The Balaban J connectivity index is 1.71. The lowest BCUT2D eigenvalue weighted by atomic mass is 9.57. The van der Waals surface area contributed by atoms with Crippen LogP contribution in [-0.4, -0.2) is 89.7 Å². The van der Waals surface area contributed by atoms with Gasteiger partial charge in [-0.25, -0.2) is 0 Å². The van der Waals surface area contributed by atoms with Gasteiger partial charge in [0.15, 0.2) is 11.4 Å². The van der Waals surface area contributed by atoms with Crippen molar-refractivity contribution in [2.24, 2.45) is 17.6 Å². The lowest BCUT2D eigenvalue weighted by molar-refractivity contribution is -0.153. The Morgan fingerprint density at radius 2 is 1.79 bits per heavy atom. The number of rotatable bonds is 4. The number of aliphatic hydroxyl groups is 3. The lowest BCUT2D eigenvalue weighted by Gasteiger charge is -2.50. The van der Waals surface area contributed by atoms with E-state index in [1.54, 1.807) is 63.4 Å². The Bertz CT molecular complexity index is 1710. The summed E-state index contributed by atoms with van der Waals surface area (Å²) in [5.74, 6) is -0.480. The number of primary amides is 1. The summed E-state index contributed by atoms with van der Waals surface area (Å²) in [4.78, 5) is 42.8. The second-order valence-electron chi connectivity index (χ2n) is 11.5. The standard InChI is InChI=1S/C32H33N3O8/c1-34(2)21-14-16(10-9-15-7-6-8-18(11-15)43-5)26(36)23-19(21)12-17-13-20-25(35(3)4)28(38)24(31(33)41)30(40)32(20,42)29(39)22(17)27(23)37/h6-8,11,14,17,20,25,36-37,40,42H,12-13H2,1-5H3,(H2,33,41)/t17?,20?,25-,32-/m0/s1. The van der Waals surface area contributed by atoms with E-state index in [-0.39, 0.29) is 35.3 Å². The molecule has 2 aromatic carbocycles. The largest absolute Gasteiger partial charge is 0.508 e. The van der Waals surface area contributed by atoms with Crippen LogP contribution in [0.2, 0.25) is 0 Å². The lowest BCUT2D eigenvalue weighted by Crippen LogP contribution is -2.65. The predicted molar refractivity (Wildman–Crippen MR) is 158 cm³/mol. The number of carbonyl (C=O) groups is 3. The van der Waals surface area contributed by atoms with Crippen LogP contribution in [0.5, 0.6) is 11.5 Å². The average molecular weight is 588 g/mol. The van der Waals surface area contributed by atoms with Gasteiger partial charge in [0.25, 0.3) is 5.91 Å². The molecule has 0 bridgehead atoms. The first kappa shape index (κ1) is 29.7. The van der Waals surface area contributed by atoms with E-state index in [1.807, 2.05) is 0 Å². The highest BCUT2D eigenvalue weighted by Gasteiger charge is 2.64. The molecule has 0 aliphatic heterocycles. The SMILES string of the molecule is COc1cccc(C#Cc2cc(N(C)C)c3c(c2O)C(O)=C2C(=O)[C@]4(O)C(O)=C(C(N)=O)C(=O)[C@@H](N(C)C)C4CC2C3)c1. The number of aromatic hydroxyl groups is 1. The summed E-state index contributed by atoms with van der Waals surface area (Å²) < 4.78 is 5.25. The van der Waals surface area contributed by atoms with Crippen LogP contribution in [0, 0.1) is 23.7 Å². The third-order valence-electron chi connectivity index (χ3n) is 8.59. The Morgan fingerprint density at radius 1 is 1.09 bits per heavy atom. The maximum atomic E-state index is 14.1. The molecule has 43 heavy (non-hydrogen) atoms. The number of amides is 1. The van der Waals surface area contributed by atoms with Crippen molar-refractivity contribution in [1.29, 1.82) is 0 Å². The van der Waals surface area contributed by atoms with Gasteiger partial charge in [0, 0.05) is 36.8 Å². The Morgan fingerprint density at radius 3 is 2.40 bits per heavy atom. The average Bonchev–Trinajstić information content (AvgIpc) is 2.94. The van der Waals surface area contributed by atoms with Crippen molar-refractivity contribution in [2.45, 2.75) is 24.5 Å². The van der Waals surface area contributed by atoms with Crippen LogP contribution in [0.15, 0.2) is 47.2 Å². The summed E-state index contributed by atoms with van der Waals surface area (Å²) >= 11 is 0. The van der Waals surface area contributed by atoms with Gasteiger partial charge in [-0.2, -0.15) is 0 Å². The zero-order chi connectivity index (χ0) is 31.5.